The molecular formula is C21H38O4. The molecule has 4 nitrogen and oxygen atoms in total. The summed E-state index contributed by atoms with van der Waals surface area (Å²) < 4.78 is 23.9. The summed E-state index contributed by atoms with van der Waals surface area (Å²) in [6, 6.07) is 0. The van der Waals surface area contributed by atoms with Gasteiger partial charge in [-0.15, -0.1) is 0 Å². The van der Waals surface area contributed by atoms with Gasteiger partial charge in [-0.1, -0.05) is 39.5 Å². The second kappa shape index (κ2) is 10.2. The van der Waals surface area contributed by atoms with Gasteiger partial charge >= 0.3 is 0 Å². The van der Waals surface area contributed by atoms with Crippen LogP contribution in [0, 0.1) is 23.7 Å². The van der Waals surface area contributed by atoms with Crippen LogP contribution in [0.2, 0.25) is 0 Å². The lowest BCUT2D eigenvalue weighted by Gasteiger charge is -2.38. The average Bonchev–Trinajstić information content (AvgIpc) is 2.68. The second-order valence-corrected chi connectivity index (χ2v) is 8.42. The van der Waals surface area contributed by atoms with Crippen LogP contribution in [-0.4, -0.2) is 39.0 Å². The highest BCUT2D eigenvalue weighted by Crippen LogP contribution is 2.35. The van der Waals surface area contributed by atoms with E-state index in [0.717, 1.165) is 45.2 Å². The minimum Gasteiger partial charge on any atom is -0.352 e. The Balaban J connectivity index is 1.28. The summed E-state index contributed by atoms with van der Waals surface area (Å²) in [5, 5.41) is 0. The van der Waals surface area contributed by atoms with E-state index in [-0.39, 0.29) is 12.6 Å². The van der Waals surface area contributed by atoms with Crippen LogP contribution in [0.15, 0.2) is 0 Å². The molecule has 146 valence electrons. The van der Waals surface area contributed by atoms with Crippen LogP contribution in [0.3, 0.4) is 0 Å². The zero-order chi connectivity index (χ0) is 17.5. The number of hydrogen-bond donors (Lipinski definition) is 0. The highest BCUT2D eigenvalue weighted by molar-refractivity contribution is 4.76. The summed E-state index contributed by atoms with van der Waals surface area (Å²) >= 11 is 0. The van der Waals surface area contributed by atoms with E-state index in [1.165, 1.54) is 44.9 Å². The minimum atomic E-state index is -0.0184. The maximum Gasteiger partial charge on any atom is 0.160 e. The predicted octanol–water partition coefficient (Wildman–Crippen LogP) is 4.76. The molecule has 0 bridgehead atoms. The van der Waals surface area contributed by atoms with Gasteiger partial charge in [0.05, 0.1) is 26.4 Å². The second-order valence-electron chi connectivity index (χ2n) is 8.42. The molecule has 4 heteroatoms. The molecule has 3 aliphatic rings. The van der Waals surface area contributed by atoms with E-state index in [4.69, 9.17) is 18.9 Å². The summed E-state index contributed by atoms with van der Waals surface area (Å²) in [7, 11) is 0. The summed E-state index contributed by atoms with van der Waals surface area (Å²) in [6.07, 6.45) is 11.0. The standard InChI is InChI=1S/C21H38O4/c1-3-5-17-12-22-20(23-13-17)11-8-18-14-24-21(25-15-18)19-9-6-16(4-2)7-10-19/h16-21H,3-15H2,1-2H3/t16?,17-,18-,19?,20-,21-. The van der Waals surface area contributed by atoms with Crippen LogP contribution < -0.4 is 0 Å². The number of rotatable bonds is 7. The molecule has 3 fully saturated rings. The Morgan fingerprint density at radius 1 is 0.640 bits per heavy atom. The first-order chi connectivity index (χ1) is 12.3. The minimum absolute atomic E-state index is 0.0184. The molecule has 0 aromatic rings. The van der Waals surface area contributed by atoms with E-state index < -0.39 is 0 Å². The highest BCUT2D eigenvalue weighted by atomic mass is 16.7. The molecule has 2 heterocycles. The first-order valence-electron chi connectivity index (χ1n) is 10.7. The first-order valence-corrected chi connectivity index (χ1v) is 10.7. The van der Waals surface area contributed by atoms with Crippen molar-refractivity contribution >= 4 is 0 Å². The SMILES string of the molecule is CCC[C@H]1CO[C@H](CC[C@H]2CO[C@H](C3CCC(CC)CC3)OC2)OC1. The van der Waals surface area contributed by atoms with Gasteiger partial charge in [0.15, 0.2) is 12.6 Å². The molecular weight excluding hydrogens is 316 g/mol. The van der Waals surface area contributed by atoms with Gasteiger partial charge in [0.25, 0.3) is 0 Å². The van der Waals surface area contributed by atoms with Crippen molar-refractivity contribution in [1.82, 2.24) is 0 Å². The molecule has 0 aromatic heterocycles. The van der Waals surface area contributed by atoms with Gasteiger partial charge in [-0.3, -0.25) is 0 Å². The molecule has 25 heavy (non-hydrogen) atoms. The Morgan fingerprint density at radius 3 is 1.84 bits per heavy atom. The number of hydrogen-bond acceptors (Lipinski definition) is 4. The quantitative estimate of drug-likeness (QED) is 0.660. The summed E-state index contributed by atoms with van der Waals surface area (Å²) in [5.41, 5.74) is 0. The molecule has 1 saturated carbocycles. The van der Waals surface area contributed by atoms with Crippen LogP contribution in [0.4, 0.5) is 0 Å². The van der Waals surface area contributed by atoms with E-state index >= 15 is 0 Å². The van der Waals surface area contributed by atoms with Gasteiger partial charge in [-0.2, -0.15) is 0 Å². The van der Waals surface area contributed by atoms with E-state index in [2.05, 4.69) is 13.8 Å². The smallest absolute Gasteiger partial charge is 0.160 e. The van der Waals surface area contributed by atoms with Gasteiger partial charge in [-0.25, -0.2) is 0 Å². The fourth-order valence-electron chi connectivity index (χ4n) is 4.56. The van der Waals surface area contributed by atoms with Crippen molar-refractivity contribution < 1.29 is 18.9 Å². The summed E-state index contributed by atoms with van der Waals surface area (Å²) in [6.45, 7) is 7.93. The maximum absolute atomic E-state index is 6.08. The van der Waals surface area contributed by atoms with Crippen molar-refractivity contribution in [1.29, 1.82) is 0 Å². The van der Waals surface area contributed by atoms with E-state index in [1.54, 1.807) is 0 Å². The van der Waals surface area contributed by atoms with Gasteiger partial charge < -0.3 is 18.9 Å². The molecule has 1 aliphatic carbocycles. The fourth-order valence-corrected chi connectivity index (χ4v) is 4.56. The largest absolute Gasteiger partial charge is 0.352 e. The van der Waals surface area contributed by atoms with Gasteiger partial charge in [0.2, 0.25) is 0 Å². The molecule has 0 aromatic carbocycles. The van der Waals surface area contributed by atoms with Crippen molar-refractivity contribution in [3.05, 3.63) is 0 Å². The third-order valence-corrected chi connectivity index (χ3v) is 6.39. The molecule has 0 spiro atoms. The van der Waals surface area contributed by atoms with Crippen molar-refractivity contribution in [2.45, 2.75) is 84.2 Å². The third-order valence-electron chi connectivity index (χ3n) is 6.39. The molecule has 0 N–H and O–H groups in total. The van der Waals surface area contributed by atoms with E-state index in [9.17, 15) is 0 Å². The molecule has 0 amide bonds. The van der Waals surface area contributed by atoms with Gasteiger partial charge in [-0.05, 0) is 38.0 Å². The predicted molar refractivity (Wildman–Crippen MR) is 98.2 cm³/mol. The maximum atomic E-state index is 6.08. The highest BCUT2D eigenvalue weighted by Gasteiger charge is 2.32. The molecule has 3 rings (SSSR count). The Hall–Kier alpha value is -0.160. The van der Waals surface area contributed by atoms with Crippen LogP contribution >= 0.6 is 0 Å². The van der Waals surface area contributed by atoms with E-state index in [0.29, 0.717) is 17.8 Å². The third kappa shape index (κ3) is 5.92. The van der Waals surface area contributed by atoms with Crippen LogP contribution in [0.25, 0.3) is 0 Å². The summed E-state index contributed by atoms with van der Waals surface area (Å²) in [4.78, 5) is 0. The van der Waals surface area contributed by atoms with E-state index in [1.807, 2.05) is 0 Å². The lowest BCUT2D eigenvalue weighted by molar-refractivity contribution is -0.236. The lowest BCUT2D eigenvalue weighted by atomic mass is 9.80. The Labute approximate surface area is 153 Å². The molecule has 2 aliphatic heterocycles. The molecule has 0 radical (unpaired) electrons. The Kier molecular flexibility index (Phi) is 8.03. The van der Waals surface area contributed by atoms with Gasteiger partial charge in [0, 0.05) is 17.8 Å². The number of ether oxygens (including phenoxy) is 4. The topological polar surface area (TPSA) is 36.9 Å². The zero-order valence-electron chi connectivity index (χ0n) is 16.3. The molecule has 2 saturated heterocycles. The average molecular weight is 355 g/mol. The monoisotopic (exact) mass is 354 g/mol. The zero-order valence-corrected chi connectivity index (χ0v) is 16.3. The Morgan fingerprint density at radius 2 is 1.24 bits per heavy atom. The van der Waals surface area contributed by atoms with Crippen LogP contribution in [0.1, 0.15) is 71.6 Å². The van der Waals surface area contributed by atoms with Crippen molar-refractivity contribution in [2.75, 3.05) is 26.4 Å². The fraction of sp³-hybridized carbons (Fsp3) is 1.00. The van der Waals surface area contributed by atoms with Gasteiger partial charge in [0.1, 0.15) is 0 Å². The molecule has 0 atom stereocenters. The van der Waals surface area contributed by atoms with Crippen molar-refractivity contribution in [3.63, 3.8) is 0 Å². The normalized spacial score (nSPS) is 40.1. The Bertz CT molecular complexity index is 351. The van der Waals surface area contributed by atoms with Crippen LogP contribution in [-0.2, 0) is 18.9 Å². The van der Waals surface area contributed by atoms with Crippen molar-refractivity contribution in [3.8, 4) is 0 Å². The lowest BCUT2D eigenvalue weighted by Crippen LogP contribution is -2.39. The summed E-state index contributed by atoms with van der Waals surface area (Å²) in [5.74, 6) is 2.62. The van der Waals surface area contributed by atoms with Crippen molar-refractivity contribution in [2.24, 2.45) is 23.7 Å². The van der Waals surface area contributed by atoms with Crippen LogP contribution in [0.5, 0.6) is 0 Å². The molecule has 0 unspecified atom stereocenters. The first kappa shape index (κ1) is 19.6.